The van der Waals surface area contributed by atoms with E-state index >= 15 is 0 Å². The Morgan fingerprint density at radius 1 is 1.06 bits per heavy atom. The van der Waals surface area contributed by atoms with Gasteiger partial charge in [0.15, 0.2) is 0 Å². The lowest BCUT2D eigenvalue weighted by molar-refractivity contribution is 1.33. The normalized spacial score (nSPS) is 14.5. The van der Waals surface area contributed by atoms with Gasteiger partial charge in [0.2, 0.25) is 0 Å². The summed E-state index contributed by atoms with van der Waals surface area (Å²) >= 11 is 0. The van der Waals surface area contributed by atoms with Gasteiger partial charge in [0.25, 0.3) is 0 Å². The fourth-order valence-corrected chi connectivity index (χ4v) is 1.29. The van der Waals surface area contributed by atoms with Crippen LogP contribution in [0.2, 0.25) is 0 Å². The van der Waals surface area contributed by atoms with Crippen LogP contribution in [0, 0.1) is 0 Å². The second kappa shape index (κ2) is 8.22. The van der Waals surface area contributed by atoms with Crippen LogP contribution in [0.5, 0.6) is 0 Å². The van der Waals surface area contributed by atoms with Gasteiger partial charge in [-0.15, -0.1) is 0 Å². The van der Waals surface area contributed by atoms with Crippen LogP contribution in [-0.4, -0.2) is 11.9 Å². The average Bonchev–Trinajstić information content (AvgIpc) is 2.35. The summed E-state index contributed by atoms with van der Waals surface area (Å²) in [5, 5.41) is 0. The molecule has 0 fully saturated rings. The maximum atomic E-state index is 4.35. The highest BCUT2D eigenvalue weighted by atomic mass is 14.8. The van der Waals surface area contributed by atoms with Gasteiger partial charge in [-0.3, -0.25) is 9.98 Å². The molecule has 0 amide bonds. The van der Waals surface area contributed by atoms with E-state index < -0.39 is 0 Å². The second-order valence-electron chi connectivity index (χ2n) is 3.23. The molecule has 90 valence electrons. The Hall–Kier alpha value is -1.96. The molecule has 0 rings (SSSR count). The lowest BCUT2D eigenvalue weighted by Gasteiger charge is -2.09. The third-order valence-electron chi connectivity index (χ3n) is 2.19. The van der Waals surface area contributed by atoms with Crippen LogP contribution in [0.25, 0.3) is 0 Å². The number of allylic oxidation sites excluding steroid dienone is 5. The number of rotatable bonds is 6. The van der Waals surface area contributed by atoms with Crippen molar-refractivity contribution in [2.45, 2.75) is 20.8 Å². The number of aliphatic imine (C=N–C) groups is 2. The zero-order chi connectivity index (χ0) is 13.3. The van der Waals surface area contributed by atoms with Crippen LogP contribution < -0.4 is 0 Å². The van der Waals surface area contributed by atoms with E-state index in [2.05, 4.69) is 29.7 Å². The van der Waals surface area contributed by atoms with Gasteiger partial charge in [0.05, 0.1) is 11.4 Å². The van der Waals surface area contributed by atoms with Crippen LogP contribution in [0.3, 0.4) is 0 Å². The Bertz CT molecular complexity index is 418. The molecule has 0 aromatic carbocycles. The molecule has 0 aliphatic rings. The van der Waals surface area contributed by atoms with Gasteiger partial charge in [0, 0.05) is 12.4 Å². The molecule has 0 radical (unpaired) electrons. The first-order valence-electron chi connectivity index (χ1n) is 5.46. The minimum Gasteiger partial charge on any atom is -0.259 e. The topological polar surface area (TPSA) is 24.7 Å². The lowest BCUT2D eigenvalue weighted by Crippen LogP contribution is -2.05. The molecule has 0 saturated heterocycles. The smallest absolute Gasteiger partial charge is 0.0957 e. The van der Waals surface area contributed by atoms with Crippen molar-refractivity contribution in [3.8, 4) is 0 Å². The van der Waals surface area contributed by atoms with Crippen LogP contribution in [0.1, 0.15) is 20.8 Å². The van der Waals surface area contributed by atoms with Crippen LogP contribution in [0.15, 0.2) is 71.0 Å². The first-order chi connectivity index (χ1) is 8.15. The highest BCUT2D eigenvalue weighted by Gasteiger charge is 2.10. The van der Waals surface area contributed by atoms with Crippen molar-refractivity contribution in [1.82, 2.24) is 0 Å². The Morgan fingerprint density at radius 3 is 2.06 bits per heavy atom. The first kappa shape index (κ1) is 15.0. The highest BCUT2D eigenvalue weighted by Crippen LogP contribution is 2.16. The summed E-state index contributed by atoms with van der Waals surface area (Å²) in [5.74, 6) is 0. The zero-order valence-corrected chi connectivity index (χ0v) is 10.9. The van der Waals surface area contributed by atoms with Crippen molar-refractivity contribution < 1.29 is 0 Å². The summed E-state index contributed by atoms with van der Waals surface area (Å²) in [4.78, 5) is 8.62. The molecule has 0 N–H and O–H groups in total. The average molecular weight is 228 g/mol. The third-order valence-corrected chi connectivity index (χ3v) is 2.19. The second-order valence-corrected chi connectivity index (χ2v) is 3.23. The maximum absolute atomic E-state index is 4.35. The van der Waals surface area contributed by atoms with Crippen molar-refractivity contribution in [2.24, 2.45) is 9.98 Å². The lowest BCUT2D eigenvalue weighted by atomic mass is 10.0. The molecule has 17 heavy (non-hydrogen) atoms. The molecule has 0 aliphatic carbocycles. The van der Waals surface area contributed by atoms with Crippen LogP contribution >= 0.6 is 0 Å². The summed E-state index contributed by atoms with van der Waals surface area (Å²) < 4.78 is 0. The fraction of sp³-hybridized carbons (Fsp3) is 0.200. The predicted octanol–water partition coefficient (Wildman–Crippen LogP) is 4.25. The number of hydrogen-bond acceptors (Lipinski definition) is 2. The van der Waals surface area contributed by atoms with Crippen molar-refractivity contribution in [3.63, 3.8) is 0 Å². The van der Waals surface area contributed by atoms with Gasteiger partial charge >= 0.3 is 0 Å². The van der Waals surface area contributed by atoms with Gasteiger partial charge < -0.3 is 0 Å². The van der Waals surface area contributed by atoms with Crippen molar-refractivity contribution in [2.75, 3.05) is 0 Å². The van der Waals surface area contributed by atoms with Crippen LogP contribution in [-0.2, 0) is 0 Å². The Labute approximate surface area is 104 Å². The Morgan fingerprint density at radius 2 is 1.71 bits per heavy atom. The highest BCUT2D eigenvalue weighted by molar-refractivity contribution is 6.15. The summed E-state index contributed by atoms with van der Waals surface area (Å²) in [6.45, 7) is 16.9. The van der Waals surface area contributed by atoms with Crippen molar-refractivity contribution in [1.29, 1.82) is 0 Å². The molecule has 0 atom stereocenters. The zero-order valence-electron chi connectivity index (χ0n) is 10.9. The predicted molar refractivity (Wildman–Crippen MR) is 78.6 cm³/mol. The Kier molecular flexibility index (Phi) is 7.27. The fourth-order valence-electron chi connectivity index (χ4n) is 1.29. The molecule has 0 heterocycles. The molecule has 2 heteroatoms. The van der Waals surface area contributed by atoms with E-state index in [0.29, 0.717) is 0 Å². The van der Waals surface area contributed by atoms with Crippen molar-refractivity contribution >= 4 is 11.9 Å². The van der Waals surface area contributed by atoms with Gasteiger partial charge in [0.1, 0.15) is 0 Å². The van der Waals surface area contributed by atoms with E-state index in [-0.39, 0.29) is 0 Å². The van der Waals surface area contributed by atoms with E-state index in [9.17, 15) is 0 Å². The summed E-state index contributed by atoms with van der Waals surface area (Å²) in [6, 6.07) is 0. The molecular formula is C15H20N2. The van der Waals surface area contributed by atoms with E-state index in [0.717, 1.165) is 22.6 Å². The van der Waals surface area contributed by atoms with Gasteiger partial charge in [-0.1, -0.05) is 38.0 Å². The molecule has 0 saturated carbocycles. The maximum Gasteiger partial charge on any atom is 0.0957 e. The van der Waals surface area contributed by atoms with E-state index in [1.54, 1.807) is 18.4 Å². The third kappa shape index (κ3) is 4.19. The first-order valence-corrected chi connectivity index (χ1v) is 5.46. The molecule has 2 nitrogen and oxygen atoms in total. The summed E-state index contributed by atoms with van der Waals surface area (Å²) in [6.07, 6.45) is 8.69. The molecule has 0 bridgehead atoms. The Balaban J connectivity index is 5.91. The summed E-state index contributed by atoms with van der Waals surface area (Å²) in [5.41, 5.74) is 3.43. The molecule has 0 aromatic rings. The van der Waals surface area contributed by atoms with E-state index in [4.69, 9.17) is 0 Å². The van der Waals surface area contributed by atoms with E-state index in [1.165, 1.54) is 6.20 Å². The summed E-state index contributed by atoms with van der Waals surface area (Å²) in [7, 11) is 0. The van der Waals surface area contributed by atoms with Gasteiger partial charge in [-0.05, 0) is 31.9 Å². The minimum absolute atomic E-state index is 0.757. The molecule has 0 aliphatic heterocycles. The molecule has 0 spiro atoms. The van der Waals surface area contributed by atoms with Crippen molar-refractivity contribution in [3.05, 3.63) is 61.0 Å². The molecule has 0 unspecified atom stereocenters. The van der Waals surface area contributed by atoms with Crippen LogP contribution in [0.4, 0.5) is 0 Å². The SMILES string of the molecule is C=C/N=C(C(\C=C)=C/C)/C(/N=C\C)=C(\C)C=C. The largest absolute Gasteiger partial charge is 0.259 e. The minimum atomic E-state index is 0.757. The standard InChI is InChI=1S/C15H20N2/c1-7-12(6)14(16-10-4)15(17-11-5)13(8-2)9-3/h7-11H,1-2,5H2,3-4,6H3/b13-9-,14-12-,16-10-,17-15+. The monoisotopic (exact) mass is 228 g/mol. The quantitative estimate of drug-likeness (QED) is 0.479. The number of nitrogens with zero attached hydrogens (tertiary/aromatic N) is 2. The van der Waals surface area contributed by atoms with Gasteiger partial charge in [-0.2, -0.15) is 0 Å². The van der Waals surface area contributed by atoms with Gasteiger partial charge in [-0.25, -0.2) is 0 Å². The van der Waals surface area contributed by atoms with E-state index in [1.807, 2.05) is 26.8 Å². The number of hydrogen-bond donors (Lipinski definition) is 0. The molecular weight excluding hydrogens is 208 g/mol. The molecule has 0 aromatic heterocycles.